The summed E-state index contributed by atoms with van der Waals surface area (Å²) >= 11 is 1.18. The molecule has 2 heterocycles. The molecule has 3 rings (SSSR count). The van der Waals surface area contributed by atoms with Gasteiger partial charge in [0.15, 0.2) is 0 Å². The van der Waals surface area contributed by atoms with Crippen LogP contribution in [0.3, 0.4) is 0 Å². The summed E-state index contributed by atoms with van der Waals surface area (Å²) in [6.07, 6.45) is 1.65. The topological polar surface area (TPSA) is 95.2 Å². The van der Waals surface area contributed by atoms with Gasteiger partial charge in [0, 0.05) is 12.3 Å². The number of esters is 1. The fraction of sp³-hybridized carbons (Fsp3) is 0.118. The number of aromatic nitrogens is 2. The second kappa shape index (κ2) is 7.18. The minimum atomic E-state index is -0.560. The van der Waals surface area contributed by atoms with E-state index in [2.05, 4.69) is 9.97 Å². The van der Waals surface area contributed by atoms with Gasteiger partial charge in [-0.2, -0.15) is 0 Å². The standard InChI is InChI=1S/C17H13N3O4S/c1-11-15(25-16(19-11)13-7-4-5-9-18-13)17(21)24-10-12-6-2-3-8-14(12)20(22)23/h2-9H,10H2,1H3. The molecule has 8 heteroatoms. The predicted octanol–water partition coefficient (Wildman–Crippen LogP) is 3.78. The molecule has 0 saturated carbocycles. The SMILES string of the molecule is Cc1nc(-c2ccccn2)sc1C(=O)OCc1ccccc1[N+](=O)[O-]. The van der Waals surface area contributed by atoms with Crippen molar-refractivity contribution in [1.82, 2.24) is 9.97 Å². The van der Waals surface area contributed by atoms with Crippen LogP contribution in [0.15, 0.2) is 48.7 Å². The molecule has 0 spiro atoms. The Morgan fingerprint density at radius 1 is 1.24 bits per heavy atom. The maximum atomic E-state index is 12.3. The van der Waals surface area contributed by atoms with Crippen LogP contribution in [0.1, 0.15) is 20.9 Å². The number of hydrogen-bond donors (Lipinski definition) is 0. The highest BCUT2D eigenvalue weighted by atomic mass is 32.1. The summed E-state index contributed by atoms with van der Waals surface area (Å²) in [5, 5.41) is 11.6. The second-order valence-electron chi connectivity index (χ2n) is 5.11. The van der Waals surface area contributed by atoms with Gasteiger partial charge < -0.3 is 4.74 Å². The lowest BCUT2D eigenvalue weighted by Gasteiger charge is -2.04. The number of rotatable bonds is 5. The van der Waals surface area contributed by atoms with Crippen LogP contribution in [0.25, 0.3) is 10.7 Å². The highest BCUT2D eigenvalue weighted by Gasteiger charge is 2.20. The number of carbonyl (C=O) groups is 1. The molecule has 7 nitrogen and oxygen atoms in total. The van der Waals surface area contributed by atoms with Gasteiger partial charge in [0.1, 0.15) is 16.5 Å². The third-order valence-electron chi connectivity index (χ3n) is 3.41. The Balaban J connectivity index is 1.77. The first-order valence-electron chi connectivity index (χ1n) is 7.34. The summed E-state index contributed by atoms with van der Waals surface area (Å²) in [5.41, 5.74) is 1.48. The first-order valence-corrected chi connectivity index (χ1v) is 8.16. The maximum absolute atomic E-state index is 12.3. The number of nitrogens with zero attached hydrogens (tertiary/aromatic N) is 3. The van der Waals surface area contributed by atoms with E-state index in [0.29, 0.717) is 26.8 Å². The summed E-state index contributed by atoms with van der Waals surface area (Å²) in [7, 11) is 0. The van der Waals surface area contributed by atoms with Crippen molar-refractivity contribution in [2.45, 2.75) is 13.5 Å². The van der Waals surface area contributed by atoms with Gasteiger partial charge in [-0.15, -0.1) is 11.3 Å². The first-order chi connectivity index (χ1) is 12.1. The molecule has 0 atom stereocenters. The van der Waals surface area contributed by atoms with E-state index in [0.717, 1.165) is 0 Å². The van der Waals surface area contributed by atoms with Crippen LogP contribution >= 0.6 is 11.3 Å². The Labute approximate surface area is 147 Å². The number of nitro groups is 1. The molecule has 0 unspecified atom stereocenters. The summed E-state index contributed by atoms with van der Waals surface area (Å²) < 4.78 is 5.24. The van der Waals surface area contributed by atoms with Gasteiger partial charge in [-0.3, -0.25) is 15.1 Å². The Kier molecular flexibility index (Phi) is 4.80. The molecule has 0 bridgehead atoms. The monoisotopic (exact) mass is 355 g/mol. The molecule has 1 aromatic carbocycles. The predicted molar refractivity (Wildman–Crippen MR) is 92.3 cm³/mol. The highest BCUT2D eigenvalue weighted by Crippen LogP contribution is 2.27. The molecule has 0 saturated heterocycles. The van der Waals surface area contributed by atoms with Crippen molar-refractivity contribution in [2.24, 2.45) is 0 Å². The van der Waals surface area contributed by atoms with Crippen LogP contribution in [0.5, 0.6) is 0 Å². The first kappa shape index (κ1) is 16.7. The van der Waals surface area contributed by atoms with E-state index in [1.165, 1.54) is 17.4 Å². The van der Waals surface area contributed by atoms with E-state index < -0.39 is 10.9 Å². The molecule has 0 fully saturated rings. The van der Waals surface area contributed by atoms with Crippen LogP contribution in [0.2, 0.25) is 0 Å². The van der Waals surface area contributed by atoms with E-state index in [-0.39, 0.29) is 12.3 Å². The van der Waals surface area contributed by atoms with Gasteiger partial charge in [-0.25, -0.2) is 9.78 Å². The number of nitro benzene ring substituents is 1. The Morgan fingerprint density at radius 3 is 2.72 bits per heavy atom. The lowest BCUT2D eigenvalue weighted by atomic mass is 10.2. The van der Waals surface area contributed by atoms with Crippen molar-refractivity contribution in [3.63, 3.8) is 0 Å². The average molecular weight is 355 g/mol. The van der Waals surface area contributed by atoms with Crippen LogP contribution in [0.4, 0.5) is 5.69 Å². The lowest BCUT2D eigenvalue weighted by Crippen LogP contribution is -2.06. The zero-order chi connectivity index (χ0) is 17.8. The summed E-state index contributed by atoms with van der Waals surface area (Å²) in [4.78, 5) is 31.7. The van der Waals surface area contributed by atoms with Gasteiger partial charge in [0.25, 0.3) is 5.69 Å². The van der Waals surface area contributed by atoms with E-state index in [9.17, 15) is 14.9 Å². The molecule has 2 aromatic heterocycles. The fourth-order valence-corrected chi connectivity index (χ4v) is 3.14. The molecular formula is C17H13N3O4S. The van der Waals surface area contributed by atoms with Crippen LogP contribution in [0, 0.1) is 17.0 Å². The largest absolute Gasteiger partial charge is 0.456 e. The Morgan fingerprint density at radius 2 is 2.00 bits per heavy atom. The molecule has 3 aromatic rings. The fourth-order valence-electron chi connectivity index (χ4n) is 2.20. The second-order valence-corrected chi connectivity index (χ2v) is 6.11. The molecule has 0 aliphatic carbocycles. The Hall–Kier alpha value is -3.13. The summed E-state index contributed by atoms with van der Waals surface area (Å²) in [6, 6.07) is 11.6. The average Bonchev–Trinajstić information content (AvgIpc) is 3.02. The molecule has 0 N–H and O–H groups in total. The van der Waals surface area contributed by atoms with Crippen LogP contribution in [-0.2, 0) is 11.3 Å². The molecule has 126 valence electrons. The maximum Gasteiger partial charge on any atom is 0.350 e. The van der Waals surface area contributed by atoms with Gasteiger partial charge in [-0.05, 0) is 25.1 Å². The van der Waals surface area contributed by atoms with Crippen molar-refractivity contribution in [3.05, 3.63) is 74.9 Å². The molecule has 0 amide bonds. The lowest BCUT2D eigenvalue weighted by molar-refractivity contribution is -0.385. The number of ether oxygens (including phenoxy) is 1. The van der Waals surface area contributed by atoms with Gasteiger partial charge in [-0.1, -0.05) is 18.2 Å². The van der Waals surface area contributed by atoms with Crippen LogP contribution < -0.4 is 0 Å². The third kappa shape index (κ3) is 3.69. The third-order valence-corrected chi connectivity index (χ3v) is 4.57. The van der Waals surface area contributed by atoms with E-state index >= 15 is 0 Å². The summed E-state index contributed by atoms with van der Waals surface area (Å²) in [5.74, 6) is -0.560. The van der Waals surface area contributed by atoms with Gasteiger partial charge in [0.2, 0.25) is 0 Å². The quantitative estimate of drug-likeness (QED) is 0.393. The number of pyridine rings is 1. The van der Waals surface area contributed by atoms with Crippen molar-refractivity contribution in [3.8, 4) is 10.7 Å². The number of carbonyl (C=O) groups excluding carboxylic acids is 1. The number of thiazole rings is 1. The zero-order valence-corrected chi connectivity index (χ0v) is 14.0. The minimum absolute atomic E-state index is 0.0782. The number of benzene rings is 1. The molecular weight excluding hydrogens is 342 g/mol. The molecule has 25 heavy (non-hydrogen) atoms. The number of hydrogen-bond acceptors (Lipinski definition) is 7. The smallest absolute Gasteiger partial charge is 0.350 e. The van der Waals surface area contributed by atoms with Crippen molar-refractivity contribution >= 4 is 23.0 Å². The highest BCUT2D eigenvalue weighted by molar-refractivity contribution is 7.17. The van der Waals surface area contributed by atoms with Crippen molar-refractivity contribution in [1.29, 1.82) is 0 Å². The Bertz CT molecular complexity index is 925. The van der Waals surface area contributed by atoms with Crippen LogP contribution in [-0.4, -0.2) is 20.9 Å². The molecule has 0 aliphatic heterocycles. The minimum Gasteiger partial charge on any atom is -0.456 e. The molecule has 0 radical (unpaired) electrons. The normalized spacial score (nSPS) is 10.4. The van der Waals surface area contributed by atoms with Gasteiger partial charge in [0.05, 0.1) is 21.9 Å². The van der Waals surface area contributed by atoms with Crippen molar-refractivity contribution < 1.29 is 14.5 Å². The number of para-hydroxylation sites is 1. The van der Waals surface area contributed by atoms with E-state index in [4.69, 9.17) is 4.74 Å². The van der Waals surface area contributed by atoms with Crippen molar-refractivity contribution in [2.75, 3.05) is 0 Å². The zero-order valence-electron chi connectivity index (χ0n) is 13.2. The summed E-state index contributed by atoms with van der Waals surface area (Å²) in [6.45, 7) is 1.54. The van der Waals surface area contributed by atoms with Gasteiger partial charge >= 0.3 is 5.97 Å². The van der Waals surface area contributed by atoms with E-state index in [1.807, 2.05) is 6.07 Å². The van der Waals surface area contributed by atoms with E-state index in [1.54, 1.807) is 43.5 Å². The number of aryl methyl sites for hydroxylation is 1. The molecule has 0 aliphatic rings.